The Morgan fingerprint density at radius 2 is 1.97 bits per heavy atom. The summed E-state index contributed by atoms with van der Waals surface area (Å²) < 4.78 is 8.47. The third-order valence-corrected chi connectivity index (χ3v) is 5.88. The summed E-state index contributed by atoms with van der Waals surface area (Å²) in [5, 5.41) is 10.3. The number of aromatic nitrogens is 1. The number of carbonyl (C=O) groups is 1. The van der Waals surface area contributed by atoms with E-state index in [0.717, 1.165) is 43.8 Å². The van der Waals surface area contributed by atoms with Crippen molar-refractivity contribution in [1.82, 2.24) is 4.57 Å². The van der Waals surface area contributed by atoms with Crippen LogP contribution in [0.15, 0.2) is 48.7 Å². The predicted octanol–water partition coefficient (Wildman–Crippen LogP) is 4.73. The van der Waals surface area contributed by atoms with Crippen molar-refractivity contribution >= 4 is 22.6 Å². The second kappa shape index (κ2) is 8.19. The van der Waals surface area contributed by atoms with Crippen molar-refractivity contribution in [3.8, 4) is 5.75 Å². The van der Waals surface area contributed by atoms with Crippen molar-refractivity contribution < 1.29 is 14.6 Å². The lowest BCUT2D eigenvalue weighted by atomic mass is 10.0. The molecule has 1 aliphatic rings. The van der Waals surface area contributed by atoms with E-state index < -0.39 is 5.97 Å². The summed E-state index contributed by atoms with van der Waals surface area (Å²) in [7, 11) is 2.08. The SMILES string of the molecule is CCCc1c(OCC2CCN(c3ccc(C(=O)O)cc3)C2)ccc2c1ccn2C. The number of benzene rings is 2. The van der Waals surface area contributed by atoms with E-state index in [1.54, 1.807) is 12.1 Å². The first-order valence-electron chi connectivity index (χ1n) is 10.3. The third kappa shape index (κ3) is 3.95. The topological polar surface area (TPSA) is 54.7 Å². The molecule has 1 atom stereocenters. The molecule has 1 N–H and O–H groups in total. The number of fused-ring (bicyclic) bond motifs is 1. The van der Waals surface area contributed by atoms with Crippen LogP contribution < -0.4 is 9.64 Å². The first-order valence-corrected chi connectivity index (χ1v) is 10.3. The van der Waals surface area contributed by atoms with Gasteiger partial charge in [0, 0.05) is 54.4 Å². The van der Waals surface area contributed by atoms with E-state index in [0.29, 0.717) is 18.1 Å². The molecule has 1 fully saturated rings. The van der Waals surface area contributed by atoms with Crippen molar-refractivity contribution in [2.24, 2.45) is 13.0 Å². The quantitative estimate of drug-likeness (QED) is 0.631. The zero-order valence-electron chi connectivity index (χ0n) is 17.1. The fourth-order valence-corrected chi connectivity index (χ4v) is 4.26. The number of hydrogen-bond acceptors (Lipinski definition) is 3. The number of hydrogen-bond donors (Lipinski definition) is 1. The second-order valence-corrected chi connectivity index (χ2v) is 7.92. The molecular formula is C24H28N2O3. The van der Waals surface area contributed by atoms with Crippen LogP contribution in [-0.2, 0) is 13.5 Å². The number of carboxylic acids is 1. The summed E-state index contributed by atoms with van der Waals surface area (Å²) >= 11 is 0. The van der Waals surface area contributed by atoms with Gasteiger partial charge in [-0.3, -0.25) is 0 Å². The smallest absolute Gasteiger partial charge is 0.335 e. The third-order valence-electron chi connectivity index (χ3n) is 5.88. The zero-order valence-corrected chi connectivity index (χ0v) is 17.1. The van der Waals surface area contributed by atoms with Crippen LogP contribution in [0.3, 0.4) is 0 Å². The van der Waals surface area contributed by atoms with Crippen LogP contribution >= 0.6 is 0 Å². The molecule has 1 aliphatic heterocycles. The molecule has 5 heteroatoms. The highest BCUT2D eigenvalue weighted by Gasteiger charge is 2.24. The summed E-state index contributed by atoms with van der Waals surface area (Å²) in [5.41, 5.74) is 3.96. The molecule has 5 nitrogen and oxygen atoms in total. The van der Waals surface area contributed by atoms with E-state index in [1.165, 1.54) is 16.5 Å². The molecule has 0 radical (unpaired) electrons. The normalized spacial score (nSPS) is 16.5. The standard InChI is InChI=1S/C24H28N2O3/c1-3-4-21-20-12-13-25(2)22(20)9-10-23(21)29-16-17-11-14-26(15-17)19-7-5-18(6-8-19)24(27)28/h5-10,12-13,17H,3-4,11,14-16H2,1-2H3,(H,27,28). The van der Waals surface area contributed by atoms with Gasteiger partial charge in [-0.2, -0.15) is 0 Å². The molecule has 1 saturated heterocycles. The molecule has 0 saturated carbocycles. The van der Waals surface area contributed by atoms with Crippen molar-refractivity contribution in [3.63, 3.8) is 0 Å². The van der Waals surface area contributed by atoms with Gasteiger partial charge in [0.1, 0.15) is 5.75 Å². The number of ether oxygens (including phenoxy) is 1. The fourth-order valence-electron chi connectivity index (χ4n) is 4.26. The maximum absolute atomic E-state index is 11.0. The molecule has 2 heterocycles. The van der Waals surface area contributed by atoms with Crippen molar-refractivity contribution in [2.75, 3.05) is 24.6 Å². The maximum atomic E-state index is 11.0. The van der Waals surface area contributed by atoms with Crippen molar-refractivity contribution in [3.05, 3.63) is 59.8 Å². The summed E-state index contributed by atoms with van der Waals surface area (Å²) in [4.78, 5) is 13.3. The Morgan fingerprint density at radius 3 is 2.69 bits per heavy atom. The molecule has 1 unspecified atom stereocenters. The molecule has 4 rings (SSSR count). The minimum atomic E-state index is -0.887. The van der Waals surface area contributed by atoms with Gasteiger partial charge in [0.05, 0.1) is 12.2 Å². The van der Waals surface area contributed by atoms with Crippen LogP contribution in [-0.4, -0.2) is 35.3 Å². The van der Waals surface area contributed by atoms with Crippen LogP contribution in [0.25, 0.3) is 10.9 Å². The van der Waals surface area contributed by atoms with Crippen molar-refractivity contribution in [1.29, 1.82) is 0 Å². The van der Waals surface area contributed by atoms with Crippen LogP contribution in [0.5, 0.6) is 5.75 Å². The Balaban J connectivity index is 1.42. The van der Waals surface area contributed by atoms with Gasteiger partial charge >= 0.3 is 5.97 Å². The van der Waals surface area contributed by atoms with Crippen LogP contribution in [0.1, 0.15) is 35.7 Å². The molecule has 0 amide bonds. The highest BCUT2D eigenvalue weighted by Crippen LogP contribution is 2.31. The number of anilines is 1. The lowest BCUT2D eigenvalue weighted by Crippen LogP contribution is -2.22. The van der Waals surface area contributed by atoms with Crippen LogP contribution in [0.4, 0.5) is 5.69 Å². The van der Waals surface area contributed by atoms with Gasteiger partial charge in [0.25, 0.3) is 0 Å². The first-order chi connectivity index (χ1) is 14.1. The number of carboxylic acid groups (broad SMARTS) is 1. The molecule has 152 valence electrons. The van der Waals surface area contributed by atoms with Gasteiger partial charge in [-0.15, -0.1) is 0 Å². The van der Waals surface area contributed by atoms with Gasteiger partial charge < -0.3 is 19.3 Å². The van der Waals surface area contributed by atoms with Gasteiger partial charge in [-0.25, -0.2) is 4.79 Å². The number of aromatic carboxylic acids is 1. The molecule has 3 aromatic rings. The average molecular weight is 392 g/mol. The van der Waals surface area contributed by atoms with Gasteiger partial charge in [-0.1, -0.05) is 13.3 Å². The van der Waals surface area contributed by atoms with Gasteiger partial charge in [0.2, 0.25) is 0 Å². The molecule has 0 aliphatic carbocycles. The Kier molecular flexibility index (Phi) is 5.47. The highest BCUT2D eigenvalue weighted by molar-refractivity contribution is 5.88. The Hall–Kier alpha value is -2.95. The number of rotatable bonds is 7. The average Bonchev–Trinajstić information content (AvgIpc) is 3.35. The van der Waals surface area contributed by atoms with E-state index in [9.17, 15) is 4.79 Å². The van der Waals surface area contributed by atoms with Gasteiger partial charge in [0.15, 0.2) is 0 Å². The minimum absolute atomic E-state index is 0.326. The molecule has 0 bridgehead atoms. The Morgan fingerprint density at radius 1 is 1.17 bits per heavy atom. The van der Waals surface area contributed by atoms with E-state index in [-0.39, 0.29) is 0 Å². The van der Waals surface area contributed by atoms with Crippen molar-refractivity contribution in [2.45, 2.75) is 26.2 Å². The molecule has 1 aromatic heterocycles. The highest BCUT2D eigenvalue weighted by atomic mass is 16.5. The number of aryl methyl sites for hydroxylation is 2. The monoisotopic (exact) mass is 392 g/mol. The Bertz CT molecular complexity index is 1010. The van der Waals surface area contributed by atoms with E-state index in [4.69, 9.17) is 9.84 Å². The van der Waals surface area contributed by atoms with E-state index >= 15 is 0 Å². The van der Waals surface area contributed by atoms with Crippen LogP contribution in [0.2, 0.25) is 0 Å². The number of nitrogens with zero attached hydrogens (tertiary/aromatic N) is 2. The Labute approximate surface area is 171 Å². The second-order valence-electron chi connectivity index (χ2n) is 7.92. The summed E-state index contributed by atoms with van der Waals surface area (Å²) in [6.07, 6.45) is 5.30. The zero-order chi connectivity index (χ0) is 20.4. The summed E-state index contributed by atoms with van der Waals surface area (Å²) in [5.74, 6) is 0.590. The molecule has 29 heavy (non-hydrogen) atoms. The summed E-state index contributed by atoms with van der Waals surface area (Å²) in [6, 6.07) is 13.6. The molecule has 0 spiro atoms. The predicted molar refractivity (Wildman–Crippen MR) is 116 cm³/mol. The minimum Gasteiger partial charge on any atom is -0.493 e. The molecule has 2 aromatic carbocycles. The summed E-state index contributed by atoms with van der Waals surface area (Å²) in [6.45, 7) is 4.82. The lowest BCUT2D eigenvalue weighted by molar-refractivity contribution is 0.0697. The van der Waals surface area contributed by atoms with Crippen LogP contribution in [0, 0.1) is 5.92 Å². The molecular weight excluding hydrogens is 364 g/mol. The first kappa shape index (κ1) is 19.4. The largest absolute Gasteiger partial charge is 0.493 e. The fraction of sp³-hybridized carbons (Fsp3) is 0.375. The van der Waals surface area contributed by atoms with E-state index in [2.05, 4.69) is 47.8 Å². The maximum Gasteiger partial charge on any atom is 0.335 e. The van der Waals surface area contributed by atoms with E-state index in [1.807, 2.05) is 12.1 Å². The lowest BCUT2D eigenvalue weighted by Gasteiger charge is -2.19. The van der Waals surface area contributed by atoms with Gasteiger partial charge in [-0.05, 0) is 55.3 Å².